The van der Waals surface area contributed by atoms with Crippen LogP contribution in [0.15, 0.2) is 18.2 Å². The first kappa shape index (κ1) is 12.3. The second kappa shape index (κ2) is 5.01. The molecule has 92 valence electrons. The van der Waals surface area contributed by atoms with Gasteiger partial charge >= 0.3 is 5.97 Å². The summed E-state index contributed by atoms with van der Waals surface area (Å²) in [5.74, 6) is -1.61. The van der Waals surface area contributed by atoms with Crippen molar-refractivity contribution in [3.8, 4) is 0 Å². The Kier molecular flexibility index (Phi) is 3.63. The molecule has 2 atom stereocenters. The molecule has 2 unspecified atom stereocenters. The van der Waals surface area contributed by atoms with E-state index in [4.69, 9.17) is 5.11 Å². The Morgan fingerprint density at radius 1 is 1.47 bits per heavy atom. The van der Waals surface area contributed by atoms with Crippen molar-refractivity contribution < 1.29 is 18.7 Å². The van der Waals surface area contributed by atoms with Crippen LogP contribution < -0.4 is 5.32 Å². The number of rotatable bonds is 2. The number of aliphatic carboxylic acids is 1. The van der Waals surface area contributed by atoms with Gasteiger partial charge in [-0.1, -0.05) is 6.07 Å². The summed E-state index contributed by atoms with van der Waals surface area (Å²) >= 11 is 1.42. The molecule has 0 radical (unpaired) electrons. The zero-order valence-corrected chi connectivity index (χ0v) is 9.64. The third kappa shape index (κ3) is 2.76. The smallest absolute Gasteiger partial charge is 0.320 e. The Hall–Kier alpha value is -1.14. The summed E-state index contributed by atoms with van der Waals surface area (Å²) in [5, 5.41) is 11.3. The molecule has 6 heteroatoms. The topological polar surface area (TPSA) is 49.3 Å². The fourth-order valence-electron chi connectivity index (χ4n) is 1.71. The molecule has 1 heterocycles. The van der Waals surface area contributed by atoms with Gasteiger partial charge < -0.3 is 5.11 Å². The van der Waals surface area contributed by atoms with E-state index in [2.05, 4.69) is 5.32 Å². The Labute approximate surface area is 101 Å². The lowest BCUT2D eigenvalue weighted by Crippen LogP contribution is -2.42. The van der Waals surface area contributed by atoms with Gasteiger partial charge in [0.1, 0.15) is 17.7 Å². The zero-order chi connectivity index (χ0) is 12.4. The standard InChI is InChI=1S/C11H11F2NO2S/c12-6-1-2-7(8(13)5-6)10-14-9(11(15)16)3-4-17-10/h1-2,5,9-10,14H,3-4H2,(H,15,16). The van der Waals surface area contributed by atoms with Crippen molar-refractivity contribution in [1.29, 1.82) is 0 Å². The quantitative estimate of drug-likeness (QED) is 0.854. The number of carboxylic acids is 1. The van der Waals surface area contributed by atoms with Gasteiger partial charge in [0.25, 0.3) is 0 Å². The lowest BCUT2D eigenvalue weighted by molar-refractivity contribution is -0.139. The molecule has 17 heavy (non-hydrogen) atoms. The van der Waals surface area contributed by atoms with E-state index >= 15 is 0 Å². The van der Waals surface area contributed by atoms with Crippen molar-refractivity contribution in [3.05, 3.63) is 35.4 Å². The van der Waals surface area contributed by atoms with Crippen LogP contribution in [-0.4, -0.2) is 22.9 Å². The van der Waals surface area contributed by atoms with Crippen molar-refractivity contribution in [2.45, 2.75) is 17.8 Å². The third-order valence-electron chi connectivity index (χ3n) is 2.59. The molecule has 0 aliphatic carbocycles. The molecular formula is C11H11F2NO2S. The second-order valence-corrected chi connectivity index (χ2v) is 4.98. The molecule has 1 aliphatic rings. The highest BCUT2D eigenvalue weighted by molar-refractivity contribution is 7.99. The van der Waals surface area contributed by atoms with Gasteiger partial charge in [0.2, 0.25) is 0 Å². The summed E-state index contributed by atoms with van der Waals surface area (Å²) in [7, 11) is 0. The summed E-state index contributed by atoms with van der Waals surface area (Å²) in [6.45, 7) is 0. The number of nitrogens with one attached hydrogen (secondary N) is 1. The maximum Gasteiger partial charge on any atom is 0.320 e. The maximum atomic E-state index is 13.5. The Morgan fingerprint density at radius 2 is 2.24 bits per heavy atom. The van der Waals surface area contributed by atoms with Crippen LogP contribution in [0.3, 0.4) is 0 Å². The monoisotopic (exact) mass is 259 g/mol. The number of thioether (sulfide) groups is 1. The van der Waals surface area contributed by atoms with Crippen LogP contribution in [0.5, 0.6) is 0 Å². The molecule has 1 aliphatic heterocycles. The van der Waals surface area contributed by atoms with Gasteiger partial charge in [0, 0.05) is 11.6 Å². The minimum absolute atomic E-state index is 0.294. The number of hydrogen-bond donors (Lipinski definition) is 2. The van der Waals surface area contributed by atoms with Crippen molar-refractivity contribution in [2.75, 3.05) is 5.75 Å². The van der Waals surface area contributed by atoms with E-state index < -0.39 is 29.0 Å². The summed E-state index contributed by atoms with van der Waals surface area (Å²) < 4.78 is 26.3. The van der Waals surface area contributed by atoms with Crippen molar-refractivity contribution in [3.63, 3.8) is 0 Å². The van der Waals surface area contributed by atoms with Gasteiger partial charge in [0.05, 0.1) is 5.37 Å². The predicted octanol–water partition coefficient (Wildman–Crippen LogP) is 2.14. The van der Waals surface area contributed by atoms with Crippen molar-refractivity contribution in [2.24, 2.45) is 0 Å². The van der Waals surface area contributed by atoms with Crippen LogP contribution in [-0.2, 0) is 4.79 Å². The molecule has 2 N–H and O–H groups in total. The van der Waals surface area contributed by atoms with E-state index in [0.717, 1.165) is 6.07 Å². The summed E-state index contributed by atoms with van der Waals surface area (Å²) in [6.07, 6.45) is 0.499. The summed E-state index contributed by atoms with van der Waals surface area (Å²) in [6, 6.07) is 2.65. The van der Waals surface area contributed by atoms with Gasteiger partial charge in [-0.15, -0.1) is 11.8 Å². The lowest BCUT2D eigenvalue weighted by Gasteiger charge is -2.28. The first-order valence-corrected chi connectivity index (χ1v) is 6.18. The highest BCUT2D eigenvalue weighted by Crippen LogP contribution is 2.33. The van der Waals surface area contributed by atoms with E-state index in [1.807, 2.05) is 0 Å². The minimum Gasteiger partial charge on any atom is -0.480 e. The number of carbonyl (C=O) groups is 1. The SMILES string of the molecule is O=C(O)C1CCSC(c2ccc(F)cc2F)N1. The molecule has 0 bridgehead atoms. The number of hydrogen-bond acceptors (Lipinski definition) is 3. The molecule has 0 spiro atoms. The average molecular weight is 259 g/mol. The van der Waals surface area contributed by atoms with Crippen LogP contribution in [0.1, 0.15) is 17.4 Å². The van der Waals surface area contributed by atoms with Gasteiger partial charge in [-0.3, -0.25) is 10.1 Å². The van der Waals surface area contributed by atoms with E-state index in [1.165, 1.54) is 23.9 Å². The third-order valence-corrected chi connectivity index (χ3v) is 3.78. The first-order chi connectivity index (χ1) is 8.08. The van der Waals surface area contributed by atoms with E-state index in [0.29, 0.717) is 17.7 Å². The highest BCUT2D eigenvalue weighted by atomic mass is 32.2. The maximum absolute atomic E-state index is 13.5. The molecule has 0 amide bonds. The molecule has 2 rings (SSSR count). The normalized spacial score (nSPS) is 24.6. The fourth-order valence-corrected chi connectivity index (χ4v) is 2.95. The molecule has 1 saturated heterocycles. The van der Waals surface area contributed by atoms with Gasteiger partial charge in [-0.2, -0.15) is 0 Å². The van der Waals surface area contributed by atoms with Gasteiger partial charge in [-0.25, -0.2) is 8.78 Å². The minimum atomic E-state index is -0.946. The number of benzene rings is 1. The van der Waals surface area contributed by atoms with Crippen molar-refractivity contribution in [1.82, 2.24) is 5.32 Å². The molecule has 0 aromatic heterocycles. The summed E-state index contributed by atoms with van der Waals surface area (Å²) in [5.41, 5.74) is 0.294. The van der Waals surface area contributed by atoms with Crippen LogP contribution >= 0.6 is 11.8 Å². The molecular weight excluding hydrogens is 248 g/mol. The van der Waals surface area contributed by atoms with Crippen LogP contribution in [0.2, 0.25) is 0 Å². The van der Waals surface area contributed by atoms with Crippen LogP contribution in [0, 0.1) is 11.6 Å². The van der Waals surface area contributed by atoms with Gasteiger partial charge in [0.15, 0.2) is 0 Å². The van der Waals surface area contributed by atoms with Gasteiger partial charge in [-0.05, 0) is 18.2 Å². The van der Waals surface area contributed by atoms with E-state index in [1.54, 1.807) is 0 Å². The molecule has 1 aromatic carbocycles. The van der Waals surface area contributed by atoms with E-state index in [-0.39, 0.29) is 0 Å². The fraction of sp³-hybridized carbons (Fsp3) is 0.364. The molecule has 3 nitrogen and oxygen atoms in total. The highest BCUT2D eigenvalue weighted by Gasteiger charge is 2.28. The first-order valence-electron chi connectivity index (χ1n) is 5.13. The average Bonchev–Trinajstić information content (AvgIpc) is 2.29. The molecule has 1 aromatic rings. The molecule has 1 fully saturated rings. The Bertz CT molecular complexity index is 441. The van der Waals surface area contributed by atoms with Crippen LogP contribution in [0.4, 0.5) is 8.78 Å². The van der Waals surface area contributed by atoms with Crippen LogP contribution in [0.25, 0.3) is 0 Å². The zero-order valence-electron chi connectivity index (χ0n) is 8.82. The van der Waals surface area contributed by atoms with E-state index in [9.17, 15) is 13.6 Å². The number of carboxylic acid groups (broad SMARTS) is 1. The predicted molar refractivity (Wildman–Crippen MR) is 60.7 cm³/mol. The Balaban J connectivity index is 2.19. The Morgan fingerprint density at radius 3 is 2.88 bits per heavy atom. The summed E-state index contributed by atoms with van der Waals surface area (Å²) in [4.78, 5) is 10.8. The largest absolute Gasteiger partial charge is 0.480 e. The van der Waals surface area contributed by atoms with Crippen molar-refractivity contribution >= 4 is 17.7 Å². The number of halogens is 2. The lowest BCUT2D eigenvalue weighted by atomic mass is 10.1. The second-order valence-electron chi connectivity index (χ2n) is 3.76. The molecule has 0 saturated carbocycles.